The highest BCUT2D eigenvalue weighted by Gasteiger charge is 2.25. The van der Waals surface area contributed by atoms with Gasteiger partial charge >= 0.3 is 0 Å². The van der Waals surface area contributed by atoms with Gasteiger partial charge in [-0.1, -0.05) is 12.1 Å². The minimum absolute atomic E-state index is 0.0682. The Bertz CT molecular complexity index is 1280. The molecule has 0 bridgehead atoms. The summed E-state index contributed by atoms with van der Waals surface area (Å²) in [5, 5.41) is 9.13. The normalized spacial score (nSPS) is 14.1. The smallest absolute Gasteiger partial charge is 0.289 e. The van der Waals surface area contributed by atoms with Crippen molar-refractivity contribution in [2.75, 3.05) is 31.1 Å². The summed E-state index contributed by atoms with van der Waals surface area (Å²) in [4.78, 5) is 33.0. The second-order valence-electron chi connectivity index (χ2n) is 7.26. The maximum Gasteiger partial charge on any atom is 0.289 e. The van der Waals surface area contributed by atoms with Crippen molar-refractivity contribution in [1.82, 2.24) is 20.1 Å². The average Bonchev–Trinajstić information content (AvgIpc) is 2.84. The van der Waals surface area contributed by atoms with Crippen LogP contribution in [0.25, 0.3) is 22.2 Å². The van der Waals surface area contributed by atoms with Crippen LogP contribution in [0, 0.1) is 0 Å². The predicted octanol–water partition coefficient (Wildman–Crippen LogP) is 2.61. The van der Waals surface area contributed by atoms with Gasteiger partial charge < -0.3 is 14.2 Å². The van der Waals surface area contributed by atoms with Gasteiger partial charge in [0, 0.05) is 50.2 Å². The Balaban J connectivity index is 1.27. The molecule has 0 radical (unpaired) electrons. The first-order valence-corrected chi connectivity index (χ1v) is 10.0. The number of rotatable bonds is 3. The molecule has 1 fully saturated rings. The molecule has 5 rings (SSSR count). The maximum absolute atomic E-state index is 12.9. The zero-order valence-corrected chi connectivity index (χ0v) is 16.6. The number of aromatic nitrogens is 3. The van der Waals surface area contributed by atoms with Crippen molar-refractivity contribution >= 4 is 22.7 Å². The predicted molar refractivity (Wildman–Crippen MR) is 116 cm³/mol. The molecule has 8 heteroatoms. The fourth-order valence-corrected chi connectivity index (χ4v) is 3.67. The summed E-state index contributed by atoms with van der Waals surface area (Å²) in [7, 11) is 0. The number of fused-ring (bicyclic) bond motifs is 1. The Morgan fingerprint density at radius 1 is 0.903 bits per heavy atom. The third-order valence-electron chi connectivity index (χ3n) is 5.36. The molecule has 0 atom stereocenters. The number of para-hydroxylation sites is 1. The molecule has 1 aromatic carbocycles. The zero-order chi connectivity index (χ0) is 21.2. The van der Waals surface area contributed by atoms with Crippen LogP contribution in [0.4, 0.5) is 5.82 Å². The van der Waals surface area contributed by atoms with Crippen molar-refractivity contribution in [1.29, 1.82) is 0 Å². The minimum Gasteiger partial charge on any atom is -0.451 e. The number of benzene rings is 1. The largest absolute Gasteiger partial charge is 0.451 e. The Morgan fingerprint density at radius 2 is 1.68 bits per heavy atom. The van der Waals surface area contributed by atoms with E-state index >= 15 is 0 Å². The van der Waals surface area contributed by atoms with Crippen LogP contribution >= 0.6 is 0 Å². The van der Waals surface area contributed by atoms with Crippen molar-refractivity contribution in [3.05, 3.63) is 83.0 Å². The van der Waals surface area contributed by atoms with Crippen molar-refractivity contribution in [2.45, 2.75) is 0 Å². The molecule has 31 heavy (non-hydrogen) atoms. The molecular weight excluding hydrogens is 394 g/mol. The molecule has 1 amide bonds. The molecule has 0 N–H and O–H groups in total. The average molecular weight is 413 g/mol. The Labute approximate surface area is 177 Å². The van der Waals surface area contributed by atoms with Gasteiger partial charge in [0.15, 0.2) is 17.0 Å². The molecule has 1 aliphatic heterocycles. The van der Waals surface area contributed by atoms with Crippen LogP contribution in [-0.4, -0.2) is 52.2 Å². The van der Waals surface area contributed by atoms with Gasteiger partial charge in [0.25, 0.3) is 5.91 Å². The van der Waals surface area contributed by atoms with E-state index < -0.39 is 0 Å². The van der Waals surface area contributed by atoms with Gasteiger partial charge in [-0.05, 0) is 36.4 Å². The SMILES string of the molecule is O=C(c1cc(=O)c2ccccc2o1)N1CCN(c2ccc(-c3ccncc3)nn2)CC1. The summed E-state index contributed by atoms with van der Waals surface area (Å²) in [5.41, 5.74) is 1.95. The molecule has 0 saturated carbocycles. The maximum atomic E-state index is 12.9. The Morgan fingerprint density at radius 3 is 2.42 bits per heavy atom. The van der Waals surface area contributed by atoms with E-state index in [2.05, 4.69) is 20.1 Å². The van der Waals surface area contributed by atoms with Crippen molar-refractivity contribution in [2.24, 2.45) is 0 Å². The van der Waals surface area contributed by atoms with Crippen molar-refractivity contribution in [3.8, 4) is 11.3 Å². The number of hydrogen-bond donors (Lipinski definition) is 0. The molecular formula is C23H19N5O3. The third kappa shape index (κ3) is 3.75. The summed E-state index contributed by atoms with van der Waals surface area (Å²) in [6.07, 6.45) is 3.44. The second kappa shape index (κ2) is 7.98. The van der Waals surface area contributed by atoms with E-state index in [1.807, 2.05) is 24.3 Å². The van der Waals surface area contributed by atoms with Gasteiger partial charge in [0.05, 0.1) is 11.1 Å². The van der Waals surface area contributed by atoms with Crippen LogP contribution in [0.15, 0.2) is 76.2 Å². The first kappa shape index (κ1) is 18.9. The number of hydrogen-bond acceptors (Lipinski definition) is 7. The highest BCUT2D eigenvalue weighted by Crippen LogP contribution is 2.20. The molecule has 154 valence electrons. The Hall–Kier alpha value is -4.07. The molecule has 4 heterocycles. The summed E-state index contributed by atoms with van der Waals surface area (Å²) in [5.74, 6) is 0.558. The van der Waals surface area contributed by atoms with Gasteiger partial charge in [-0.3, -0.25) is 14.6 Å². The number of carbonyl (C=O) groups excluding carboxylic acids is 1. The number of piperazine rings is 1. The van der Waals surface area contributed by atoms with Gasteiger partial charge in [-0.15, -0.1) is 10.2 Å². The summed E-state index contributed by atoms with van der Waals surface area (Å²) < 4.78 is 5.69. The molecule has 1 aliphatic rings. The van der Waals surface area contributed by atoms with E-state index in [0.717, 1.165) is 17.1 Å². The molecule has 8 nitrogen and oxygen atoms in total. The van der Waals surface area contributed by atoms with Crippen molar-refractivity contribution in [3.63, 3.8) is 0 Å². The van der Waals surface area contributed by atoms with E-state index in [4.69, 9.17) is 4.42 Å². The first-order valence-electron chi connectivity index (χ1n) is 10.0. The topological polar surface area (TPSA) is 92.4 Å². The van der Waals surface area contributed by atoms with Crippen LogP contribution in [0.1, 0.15) is 10.6 Å². The van der Waals surface area contributed by atoms with Gasteiger partial charge in [0.1, 0.15) is 5.58 Å². The van der Waals surface area contributed by atoms with Crippen LogP contribution in [0.2, 0.25) is 0 Å². The number of pyridine rings is 1. The van der Waals surface area contributed by atoms with Gasteiger partial charge in [0.2, 0.25) is 0 Å². The summed E-state index contributed by atoms with van der Waals surface area (Å²) >= 11 is 0. The van der Waals surface area contributed by atoms with E-state index in [1.165, 1.54) is 6.07 Å². The number of carbonyl (C=O) groups is 1. The molecule has 0 aliphatic carbocycles. The number of nitrogens with zero attached hydrogens (tertiary/aromatic N) is 5. The zero-order valence-electron chi connectivity index (χ0n) is 16.6. The van der Waals surface area contributed by atoms with Gasteiger partial charge in [-0.2, -0.15) is 0 Å². The lowest BCUT2D eigenvalue weighted by Crippen LogP contribution is -2.49. The highest BCUT2D eigenvalue weighted by atomic mass is 16.3. The lowest BCUT2D eigenvalue weighted by molar-refractivity contribution is 0.0715. The lowest BCUT2D eigenvalue weighted by Gasteiger charge is -2.34. The minimum atomic E-state index is -0.276. The fourth-order valence-electron chi connectivity index (χ4n) is 3.67. The summed E-state index contributed by atoms with van der Waals surface area (Å²) in [6, 6.07) is 15.8. The molecule has 3 aromatic heterocycles. The standard InChI is InChI=1S/C23H19N5O3/c29-19-15-21(31-20-4-2-1-3-17(19)20)23(30)28-13-11-27(12-14-28)22-6-5-18(25-26-22)16-7-9-24-10-8-16/h1-10,15H,11-14H2. The quantitative estimate of drug-likeness (QED) is 0.510. The van der Waals surface area contributed by atoms with Crippen LogP contribution in [-0.2, 0) is 0 Å². The summed E-state index contributed by atoms with van der Waals surface area (Å²) in [6.45, 7) is 2.24. The highest BCUT2D eigenvalue weighted by molar-refractivity contribution is 5.93. The van der Waals surface area contributed by atoms with Gasteiger partial charge in [-0.25, -0.2) is 0 Å². The molecule has 0 spiro atoms. The van der Waals surface area contributed by atoms with E-state index in [-0.39, 0.29) is 17.1 Å². The number of anilines is 1. The van der Waals surface area contributed by atoms with Crippen LogP contribution < -0.4 is 10.3 Å². The first-order chi connectivity index (χ1) is 15.2. The molecule has 4 aromatic rings. The third-order valence-corrected chi connectivity index (χ3v) is 5.36. The number of amides is 1. The molecule has 1 saturated heterocycles. The van der Waals surface area contributed by atoms with Crippen molar-refractivity contribution < 1.29 is 9.21 Å². The van der Waals surface area contributed by atoms with Crippen LogP contribution in [0.5, 0.6) is 0 Å². The fraction of sp³-hybridized carbons (Fsp3) is 0.174. The van der Waals surface area contributed by atoms with E-state index in [0.29, 0.717) is 37.1 Å². The lowest BCUT2D eigenvalue weighted by atomic mass is 10.2. The molecule has 0 unspecified atom stereocenters. The Kier molecular flexibility index (Phi) is 4.87. The van der Waals surface area contributed by atoms with E-state index in [1.54, 1.807) is 41.6 Å². The monoisotopic (exact) mass is 413 g/mol. The van der Waals surface area contributed by atoms with Crippen LogP contribution in [0.3, 0.4) is 0 Å². The second-order valence-corrected chi connectivity index (χ2v) is 7.26. The van der Waals surface area contributed by atoms with E-state index in [9.17, 15) is 9.59 Å².